The van der Waals surface area contributed by atoms with Gasteiger partial charge in [-0.05, 0) is 53.4 Å². The Morgan fingerprint density at radius 2 is 2.04 bits per heavy atom. The van der Waals surface area contributed by atoms with E-state index in [1.54, 1.807) is 30.3 Å². The SMILES string of the molecule is O=C(N[C@H]1CCc2ccc(F)cc21)c1ccc(-c2nn[nH]n2)cc1. The Kier molecular flexibility index (Phi) is 3.53. The number of tetrazole rings is 1. The van der Waals surface area contributed by atoms with Crippen LogP contribution in [-0.2, 0) is 6.42 Å². The van der Waals surface area contributed by atoms with E-state index < -0.39 is 0 Å². The first-order valence-corrected chi connectivity index (χ1v) is 7.64. The van der Waals surface area contributed by atoms with Crippen molar-refractivity contribution < 1.29 is 9.18 Å². The molecule has 1 atom stereocenters. The van der Waals surface area contributed by atoms with Crippen LogP contribution in [-0.4, -0.2) is 26.5 Å². The van der Waals surface area contributed by atoms with Crippen molar-refractivity contribution >= 4 is 5.91 Å². The van der Waals surface area contributed by atoms with Crippen LogP contribution >= 0.6 is 0 Å². The number of aromatic nitrogens is 4. The van der Waals surface area contributed by atoms with Gasteiger partial charge in [0.2, 0.25) is 5.82 Å². The molecule has 0 spiro atoms. The van der Waals surface area contributed by atoms with Gasteiger partial charge in [0, 0.05) is 11.1 Å². The molecule has 2 aromatic carbocycles. The van der Waals surface area contributed by atoms with E-state index in [2.05, 4.69) is 25.9 Å². The number of amides is 1. The van der Waals surface area contributed by atoms with Gasteiger partial charge in [-0.25, -0.2) is 4.39 Å². The summed E-state index contributed by atoms with van der Waals surface area (Å²) in [6.07, 6.45) is 1.63. The smallest absolute Gasteiger partial charge is 0.251 e. The molecule has 6 nitrogen and oxygen atoms in total. The fraction of sp³-hybridized carbons (Fsp3) is 0.176. The second-order valence-corrected chi connectivity index (χ2v) is 5.72. The number of fused-ring (bicyclic) bond motifs is 1. The van der Waals surface area contributed by atoms with Gasteiger partial charge in [-0.1, -0.05) is 18.2 Å². The Hall–Kier alpha value is -3.09. The molecule has 3 aromatic rings. The third-order valence-electron chi connectivity index (χ3n) is 4.24. The highest BCUT2D eigenvalue weighted by atomic mass is 19.1. The van der Waals surface area contributed by atoms with E-state index in [9.17, 15) is 9.18 Å². The summed E-state index contributed by atoms with van der Waals surface area (Å²) in [5, 5.41) is 16.7. The molecule has 0 saturated heterocycles. The lowest BCUT2D eigenvalue weighted by atomic mass is 10.1. The summed E-state index contributed by atoms with van der Waals surface area (Å²) in [6.45, 7) is 0. The van der Waals surface area contributed by atoms with Gasteiger partial charge in [-0.15, -0.1) is 10.2 Å². The maximum absolute atomic E-state index is 13.4. The van der Waals surface area contributed by atoms with Crippen LogP contribution in [0.4, 0.5) is 4.39 Å². The van der Waals surface area contributed by atoms with Crippen molar-refractivity contribution in [2.45, 2.75) is 18.9 Å². The molecule has 1 aliphatic rings. The normalized spacial score (nSPS) is 16.0. The highest BCUT2D eigenvalue weighted by Crippen LogP contribution is 2.31. The highest BCUT2D eigenvalue weighted by Gasteiger charge is 2.24. The zero-order chi connectivity index (χ0) is 16.5. The van der Waals surface area contributed by atoms with E-state index in [4.69, 9.17) is 0 Å². The minimum atomic E-state index is -0.278. The van der Waals surface area contributed by atoms with Crippen molar-refractivity contribution in [3.05, 3.63) is 65.0 Å². The number of aryl methyl sites for hydroxylation is 1. The third-order valence-corrected chi connectivity index (χ3v) is 4.24. The van der Waals surface area contributed by atoms with Gasteiger partial charge >= 0.3 is 0 Å². The van der Waals surface area contributed by atoms with Crippen LogP contribution in [0.15, 0.2) is 42.5 Å². The van der Waals surface area contributed by atoms with Gasteiger partial charge in [0.15, 0.2) is 0 Å². The number of benzene rings is 2. The maximum Gasteiger partial charge on any atom is 0.251 e. The zero-order valence-electron chi connectivity index (χ0n) is 12.7. The predicted molar refractivity (Wildman–Crippen MR) is 84.5 cm³/mol. The van der Waals surface area contributed by atoms with Gasteiger partial charge in [0.1, 0.15) is 5.82 Å². The number of rotatable bonds is 3. The molecular weight excluding hydrogens is 309 g/mol. The summed E-state index contributed by atoms with van der Waals surface area (Å²) >= 11 is 0. The molecule has 4 rings (SSSR count). The van der Waals surface area contributed by atoms with Crippen molar-refractivity contribution in [3.63, 3.8) is 0 Å². The number of halogens is 1. The quantitative estimate of drug-likeness (QED) is 0.775. The second-order valence-electron chi connectivity index (χ2n) is 5.72. The molecule has 1 aliphatic carbocycles. The van der Waals surface area contributed by atoms with Crippen LogP contribution in [0, 0.1) is 5.82 Å². The summed E-state index contributed by atoms with van der Waals surface area (Å²) in [6, 6.07) is 11.6. The standard InChI is InChI=1S/C17H14FN5O/c18-13-7-5-10-6-8-15(14(10)9-13)19-17(24)12-3-1-11(2-4-12)16-20-22-23-21-16/h1-5,7,9,15H,6,8H2,(H,19,24)(H,20,21,22,23)/t15-/m0/s1. The van der Waals surface area contributed by atoms with Crippen molar-refractivity contribution in [1.29, 1.82) is 0 Å². The van der Waals surface area contributed by atoms with Crippen LogP contribution in [0.3, 0.4) is 0 Å². The minimum Gasteiger partial charge on any atom is -0.345 e. The molecule has 1 heterocycles. The lowest BCUT2D eigenvalue weighted by Crippen LogP contribution is -2.27. The van der Waals surface area contributed by atoms with Crippen molar-refractivity contribution in [3.8, 4) is 11.4 Å². The van der Waals surface area contributed by atoms with Gasteiger partial charge in [0.05, 0.1) is 6.04 Å². The van der Waals surface area contributed by atoms with Crippen molar-refractivity contribution in [2.24, 2.45) is 0 Å². The lowest BCUT2D eigenvalue weighted by molar-refractivity contribution is 0.0936. The van der Waals surface area contributed by atoms with Gasteiger partial charge in [-0.3, -0.25) is 4.79 Å². The van der Waals surface area contributed by atoms with E-state index in [1.165, 1.54) is 12.1 Å². The summed E-state index contributed by atoms with van der Waals surface area (Å²) in [4.78, 5) is 12.4. The van der Waals surface area contributed by atoms with E-state index in [-0.39, 0.29) is 17.8 Å². The number of hydrogen-bond acceptors (Lipinski definition) is 4. The molecule has 1 amide bonds. The molecular formula is C17H14FN5O. The Morgan fingerprint density at radius 3 is 2.79 bits per heavy atom. The first kappa shape index (κ1) is 14.5. The van der Waals surface area contributed by atoms with Gasteiger partial charge < -0.3 is 5.32 Å². The zero-order valence-corrected chi connectivity index (χ0v) is 12.7. The molecule has 0 bridgehead atoms. The van der Waals surface area contributed by atoms with E-state index >= 15 is 0 Å². The fourth-order valence-corrected chi connectivity index (χ4v) is 3.02. The highest BCUT2D eigenvalue weighted by molar-refractivity contribution is 5.94. The number of nitrogens with one attached hydrogen (secondary N) is 2. The minimum absolute atomic E-state index is 0.153. The number of carbonyl (C=O) groups is 1. The molecule has 7 heteroatoms. The molecule has 1 aromatic heterocycles. The average molecular weight is 323 g/mol. The number of carbonyl (C=O) groups excluding carboxylic acids is 1. The molecule has 0 fully saturated rings. The summed E-state index contributed by atoms with van der Waals surface area (Å²) < 4.78 is 13.4. The Balaban J connectivity index is 1.50. The third kappa shape index (κ3) is 2.64. The Bertz CT molecular complexity index is 877. The summed E-state index contributed by atoms with van der Waals surface area (Å²) in [5.41, 5.74) is 3.27. The summed E-state index contributed by atoms with van der Waals surface area (Å²) in [7, 11) is 0. The van der Waals surface area contributed by atoms with Crippen molar-refractivity contribution in [1.82, 2.24) is 25.9 Å². The predicted octanol–water partition coefficient (Wildman–Crippen LogP) is 2.42. The first-order valence-electron chi connectivity index (χ1n) is 7.64. The van der Waals surface area contributed by atoms with Crippen LogP contribution in [0.25, 0.3) is 11.4 Å². The molecule has 0 radical (unpaired) electrons. The Labute approximate surface area is 137 Å². The van der Waals surface area contributed by atoms with Crippen LogP contribution in [0.5, 0.6) is 0 Å². The van der Waals surface area contributed by atoms with Crippen LogP contribution in [0.2, 0.25) is 0 Å². The van der Waals surface area contributed by atoms with E-state index in [1.807, 2.05) is 0 Å². The lowest BCUT2D eigenvalue weighted by Gasteiger charge is -2.14. The molecule has 2 N–H and O–H groups in total. The number of hydrogen-bond donors (Lipinski definition) is 2. The Morgan fingerprint density at radius 1 is 1.21 bits per heavy atom. The van der Waals surface area contributed by atoms with Gasteiger partial charge in [0.25, 0.3) is 5.91 Å². The van der Waals surface area contributed by atoms with E-state index in [0.29, 0.717) is 11.4 Å². The maximum atomic E-state index is 13.4. The first-order chi connectivity index (χ1) is 11.7. The monoisotopic (exact) mass is 323 g/mol. The topological polar surface area (TPSA) is 83.6 Å². The molecule has 0 unspecified atom stereocenters. The largest absolute Gasteiger partial charge is 0.345 e. The average Bonchev–Trinajstić information content (AvgIpc) is 3.25. The molecule has 120 valence electrons. The molecule has 0 saturated carbocycles. The number of aromatic amines is 1. The van der Waals surface area contributed by atoms with Gasteiger partial charge in [-0.2, -0.15) is 5.21 Å². The van der Waals surface area contributed by atoms with Crippen LogP contribution in [0.1, 0.15) is 33.9 Å². The second kappa shape index (κ2) is 5.84. The fourth-order valence-electron chi connectivity index (χ4n) is 3.02. The molecule has 0 aliphatic heterocycles. The molecule has 24 heavy (non-hydrogen) atoms. The summed E-state index contributed by atoms with van der Waals surface area (Å²) in [5.74, 6) is 0.0123. The number of H-pyrrole nitrogens is 1. The van der Waals surface area contributed by atoms with E-state index in [0.717, 1.165) is 29.5 Å². The van der Waals surface area contributed by atoms with Crippen LogP contribution < -0.4 is 5.32 Å². The number of nitrogens with zero attached hydrogens (tertiary/aromatic N) is 3. The van der Waals surface area contributed by atoms with Crippen molar-refractivity contribution in [2.75, 3.05) is 0 Å².